The summed E-state index contributed by atoms with van der Waals surface area (Å²) in [7, 11) is 0. The zero-order valence-corrected chi connectivity index (χ0v) is 18.4. The highest BCUT2D eigenvalue weighted by Gasteiger charge is 2.12. The molecule has 2 nitrogen and oxygen atoms in total. The maximum atomic E-state index is 5.86. The van der Waals surface area contributed by atoms with Gasteiger partial charge in [-0.1, -0.05) is 96.2 Å². The Morgan fingerprint density at radius 2 is 1.25 bits per heavy atom. The molecule has 0 fully saturated rings. The molecular formula is C26H39NO. The first-order valence-electron chi connectivity index (χ1n) is 11.0. The Morgan fingerprint density at radius 3 is 1.82 bits per heavy atom. The highest BCUT2D eigenvalue weighted by Crippen LogP contribution is 2.22. The average molecular weight is 382 g/mol. The van der Waals surface area contributed by atoms with Gasteiger partial charge in [0, 0.05) is 13.1 Å². The van der Waals surface area contributed by atoms with Gasteiger partial charge < -0.3 is 10.1 Å². The van der Waals surface area contributed by atoms with Gasteiger partial charge in [0.05, 0.1) is 6.61 Å². The van der Waals surface area contributed by atoms with Crippen LogP contribution in [-0.2, 0) is 18.5 Å². The van der Waals surface area contributed by atoms with Crippen LogP contribution in [0.3, 0.4) is 0 Å². The second kappa shape index (κ2) is 11.9. The number of nitrogens with one attached hydrogen (secondary N) is 1. The molecule has 2 rings (SSSR count). The molecule has 0 unspecified atom stereocenters. The third-order valence-electron chi connectivity index (χ3n) is 5.17. The molecule has 0 aliphatic carbocycles. The molecule has 0 aromatic heterocycles. The van der Waals surface area contributed by atoms with E-state index in [0.29, 0.717) is 0 Å². The maximum absolute atomic E-state index is 5.86. The number of hydrogen-bond acceptors (Lipinski definition) is 2. The van der Waals surface area contributed by atoms with Gasteiger partial charge in [0.2, 0.25) is 0 Å². The minimum Gasteiger partial charge on any atom is -0.494 e. The van der Waals surface area contributed by atoms with E-state index in [1.165, 1.54) is 48.8 Å². The van der Waals surface area contributed by atoms with E-state index in [0.717, 1.165) is 31.9 Å². The molecule has 0 amide bonds. The second-order valence-electron chi connectivity index (χ2n) is 8.81. The number of benzene rings is 2. The average Bonchev–Trinajstić information content (AvgIpc) is 2.68. The van der Waals surface area contributed by atoms with E-state index in [-0.39, 0.29) is 5.41 Å². The van der Waals surface area contributed by atoms with Crippen molar-refractivity contribution in [3.8, 4) is 5.75 Å². The van der Waals surface area contributed by atoms with E-state index in [1.807, 2.05) is 0 Å². The Hall–Kier alpha value is -1.80. The molecule has 2 aromatic rings. The van der Waals surface area contributed by atoms with Crippen molar-refractivity contribution in [1.29, 1.82) is 0 Å². The van der Waals surface area contributed by atoms with Gasteiger partial charge in [-0.15, -0.1) is 0 Å². The van der Waals surface area contributed by atoms with Gasteiger partial charge in [0.15, 0.2) is 0 Å². The fraction of sp³-hybridized carbons (Fsp3) is 0.538. The second-order valence-corrected chi connectivity index (χ2v) is 8.81. The number of ether oxygens (including phenoxy) is 1. The molecular weight excluding hydrogens is 342 g/mol. The first kappa shape index (κ1) is 22.5. The van der Waals surface area contributed by atoms with Gasteiger partial charge in [-0.2, -0.15) is 0 Å². The molecule has 0 spiro atoms. The van der Waals surface area contributed by atoms with Crippen LogP contribution in [0.25, 0.3) is 0 Å². The monoisotopic (exact) mass is 381 g/mol. The minimum absolute atomic E-state index is 0.213. The molecule has 0 saturated heterocycles. The van der Waals surface area contributed by atoms with Crippen molar-refractivity contribution < 1.29 is 4.74 Å². The highest BCUT2D eigenvalue weighted by atomic mass is 16.5. The van der Waals surface area contributed by atoms with Crippen molar-refractivity contribution in [3.05, 3.63) is 65.2 Å². The summed E-state index contributed by atoms with van der Waals surface area (Å²) in [6.45, 7) is 11.6. The number of hydrogen-bond donors (Lipinski definition) is 1. The number of unbranched alkanes of at least 4 members (excludes halogenated alkanes) is 5. The molecule has 0 heterocycles. The van der Waals surface area contributed by atoms with Crippen molar-refractivity contribution in [3.63, 3.8) is 0 Å². The lowest BCUT2D eigenvalue weighted by molar-refractivity contribution is 0.304. The topological polar surface area (TPSA) is 21.3 Å². The SMILES string of the molecule is CCCCCCCCOc1ccc(CNCc2ccc(C(C)(C)C)cc2)cc1. The Balaban J connectivity index is 1.64. The van der Waals surface area contributed by atoms with E-state index in [1.54, 1.807) is 0 Å². The minimum atomic E-state index is 0.213. The Bertz CT molecular complexity index is 652. The van der Waals surface area contributed by atoms with Crippen molar-refractivity contribution in [2.45, 2.75) is 84.7 Å². The predicted octanol–water partition coefficient (Wildman–Crippen LogP) is 7.01. The van der Waals surface area contributed by atoms with Crippen LogP contribution in [0, 0.1) is 0 Å². The van der Waals surface area contributed by atoms with E-state index in [4.69, 9.17) is 4.74 Å². The van der Waals surface area contributed by atoms with Crippen LogP contribution in [0.4, 0.5) is 0 Å². The maximum Gasteiger partial charge on any atom is 0.119 e. The van der Waals surface area contributed by atoms with Gasteiger partial charge in [0.25, 0.3) is 0 Å². The molecule has 0 radical (unpaired) electrons. The molecule has 28 heavy (non-hydrogen) atoms. The lowest BCUT2D eigenvalue weighted by atomic mass is 9.87. The van der Waals surface area contributed by atoms with E-state index < -0.39 is 0 Å². The third kappa shape index (κ3) is 8.48. The van der Waals surface area contributed by atoms with Crippen molar-refractivity contribution in [2.75, 3.05) is 6.61 Å². The summed E-state index contributed by atoms with van der Waals surface area (Å²) >= 11 is 0. The lowest BCUT2D eigenvalue weighted by Crippen LogP contribution is -2.14. The van der Waals surface area contributed by atoms with Crippen LogP contribution >= 0.6 is 0 Å². The van der Waals surface area contributed by atoms with Crippen LogP contribution < -0.4 is 10.1 Å². The van der Waals surface area contributed by atoms with Crippen LogP contribution in [0.5, 0.6) is 5.75 Å². The van der Waals surface area contributed by atoms with E-state index in [9.17, 15) is 0 Å². The van der Waals surface area contributed by atoms with Gasteiger partial charge >= 0.3 is 0 Å². The summed E-state index contributed by atoms with van der Waals surface area (Å²) in [6.07, 6.45) is 7.79. The van der Waals surface area contributed by atoms with Crippen molar-refractivity contribution in [1.82, 2.24) is 5.32 Å². The Labute approximate surface area is 172 Å². The highest BCUT2D eigenvalue weighted by molar-refractivity contribution is 5.28. The van der Waals surface area contributed by atoms with Gasteiger partial charge in [-0.3, -0.25) is 0 Å². The smallest absolute Gasteiger partial charge is 0.119 e. The molecule has 0 bridgehead atoms. The lowest BCUT2D eigenvalue weighted by Gasteiger charge is -2.19. The van der Waals surface area contributed by atoms with Crippen molar-refractivity contribution in [2.24, 2.45) is 0 Å². The van der Waals surface area contributed by atoms with Crippen molar-refractivity contribution >= 4 is 0 Å². The number of rotatable bonds is 12. The first-order valence-corrected chi connectivity index (χ1v) is 11.0. The van der Waals surface area contributed by atoms with Gasteiger partial charge in [0.1, 0.15) is 5.75 Å². The Kier molecular flexibility index (Phi) is 9.57. The summed E-state index contributed by atoms with van der Waals surface area (Å²) < 4.78 is 5.86. The quantitative estimate of drug-likeness (QED) is 0.399. The van der Waals surface area contributed by atoms with Crippen LogP contribution in [0.2, 0.25) is 0 Å². The fourth-order valence-electron chi connectivity index (χ4n) is 3.25. The predicted molar refractivity (Wildman–Crippen MR) is 121 cm³/mol. The summed E-state index contributed by atoms with van der Waals surface area (Å²) in [5.74, 6) is 0.982. The van der Waals surface area contributed by atoms with E-state index in [2.05, 4.69) is 81.5 Å². The van der Waals surface area contributed by atoms with Crippen LogP contribution in [-0.4, -0.2) is 6.61 Å². The summed E-state index contributed by atoms with van der Waals surface area (Å²) in [5, 5.41) is 3.53. The first-order chi connectivity index (χ1) is 13.5. The molecule has 0 saturated carbocycles. The van der Waals surface area contributed by atoms with Gasteiger partial charge in [-0.25, -0.2) is 0 Å². The molecule has 154 valence electrons. The largest absolute Gasteiger partial charge is 0.494 e. The fourth-order valence-corrected chi connectivity index (χ4v) is 3.25. The molecule has 0 aliphatic heterocycles. The molecule has 2 heteroatoms. The molecule has 0 aliphatic rings. The zero-order chi connectivity index (χ0) is 20.2. The molecule has 0 atom stereocenters. The zero-order valence-electron chi connectivity index (χ0n) is 18.4. The summed E-state index contributed by atoms with van der Waals surface area (Å²) in [4.78, 5) is 0. The summed E-state index contributed by atoms with van der Waals surface area (Å²) in [6, 6.07) is 17.4. The van der Waals surface area contributed by atoms with Gasteiger partial charge in [-0.05, 0) is 40.7 Å². The standard InChI is InChI=1S/C26H39NO/c1-5-6-7-8-9-10-19-28-25-17-13-23(14-18-25)21-27-20-22-11-15-24(16-12-22)26(2,3)4/h11-18,27H,5-10,19-21H2,1-4H3. The summed E-state index contributed by atoms with van der Waals surface area (Å²) in [5.41, 5.74) is 4.21. The molecule has 2 aromatic carbocycles. The normalized spacial score (nSPS) is 11.6. The van der Waals surface area contributed by atoms with Crippen LogP contribution in [0.1, 0.15) is 82.9 Å². The third-order valence-corrected chi connectivity index (χ3v) is 5.17. The van der Waals surface area contributed by atoms with E-state index >= 15 is 0 Å². The Morgan fingerprint density at radius 1 is 0.714 bits per heavy atom. The molecule has 1 N–H and O–H groups in total. The van der Waals surface area contributed by atoms with Crippen LogP contribution in [0.15, 0.2) is 48.5 Å².